The predicted octanol–water partition coefficient (Wildman–Crippen LogP) is 12.4. The molecule has 0 atom stereocenters. The number of fused-ring (bicyclic) bond motifs is 2. The third-order valence-corrected chi connectivity index (χ3v) is 10.7. The Hall–Kier alpha value is -1.81. The number of aromatic nitrogens is 1. The second kappa shape index (κ2) is 18.7. The zero-order valence-electron chi connectivity index (χ0n) is 28.4. The molecule has 0 bridgehead atoms. The van der Waals surface area contributed by atoms with Crippen molar-refractivity contribution < 1.29 is 24.7 Å². The summed E-state index contributed by atoms with van der Waals surface area (Å²) in [6, 6.07) is 14.8. The average Bonchev–Trinajstić information content (AvgIpc) is 3.42. The van der Waals surface area contributed by atoms with Crippen molar-refractivity contribution in [1.29, 1.82) is 0 Å². The zero-order chi connectivity index (χ0) is 34.0. The fourth-order valence-corrected chi connectivity index (χ4v) is 8.16. The van der Waals surface area contributed by atoms with Gasteiger partial charge in [0.1, 0.15) is 5.75 Å². The molecule has 0 unspecified atom stereocenters. The van der Waals surface area contributed by atoms with E-state index in [2.05, 4.69) is 112 Å². The minimum absolute atomic E-state index is 0.421. The Labute approximate surface area is 306 Å². The van der Waals surface area contributed by atoms with Gasteiger partial charge in [-0.25, -0.2) is 0 Å². The minimum Gasteiger partial charge on any atom is -0.372 e. The number of rotatable bonds is 3. The van der Waals surface area contributed by atoms with Crippen LogP contribution in [0.1, 0.15) is 102 Å². The number of phenolic OH excluding ortho intramolecular Hbond substituents is 1. The summed E-state index contributed by atoms with van der Waals surface area (Å²) < 4.78 is 6.38. The molecule has 0 amide bonds. The molecule has 1 heterocycles. The van der Waals surface area contributed by atoms with Gasteiger partial charge in [-0.15, -0.1) is 0 Å². The first kappa shape index (κ1) is 38.6. The van der Waals surface area contributed by atoms with Crippen LogP contribution in [0.15, 0.2) is 54.9 Å². The maximum absolute atomic E-state index is 11.0. The quantitative estimate of drug-likeness (QED) is 0.208. The summed E-state index contributed by atoms with van der Waals surface area (Å²) in [6.07, 6.45) is 10.2. The van der Waals surface area contributed by atoms with Crippen LogP contribution in [0.25, 0.3) is 11.1 Å². The second-order valence-corrected chi connectivity index (χ2v) is 14.8. The van der Waals surface area contributed by atoms with Gasteiger partial charge in [0.15, 0.2) is 0 Å². The van der Waals surface area contributed by atoms with Crippen molar-refractivity contribution in [2.45, 2.75) is 105 Å². The molecule has 2 aliphatic carbocycles. The number of halogens is 2. The Morgan fingerprint density at radius 2 is 1.30 bits per heavy atom. The first-order valence-electron chi connectivity index (χ1n) is 16.4. The van der Waals surface area contributed by atoms with E-state index in [-0.39, 0.29) is 0 Å². The maximum atomic E-state index is 11.0. The van der Waals surface area contributed by atoms with Crippen LogP contribution in [0.4, 0.5) is 5.69 Å². The molecule has 46 heavy (non-hydrogen) atoms. The van der Waals surface area contributed by atoms with E-state index in [1.807, 2.05) is 26.0 Å². The van der Waals surface area contributed by atoms with Gasteiger partial charge in [-0.3, -0.25) is 0 Å². The summed E-state index contributed by atoms with van der Waals surface area (Å²) in [5.41, 5.74) is 15.4. The Kier molecular flexibility index (Phi) is 15.7. The normalized spacial score (nSPS) is 13.2. The molecule has 0 radical (unpaired) electrons. The van der Waals surface area contributed by atoms with Gasteiger partial charge < -0.3 is 30.4 Å². The summed E-state index contributed by atoms with van der Waals surface area (Å²) in [4.78, 5) is 4.11. The Balaban J connectivity index is 0.000000217. The van der Waals surface area contributed by atoms with Gasteiger partial charge in [0.2, 0.25) is 0 Å². The summed E-state index contributed by atoms with van der Waals surface area (Å²) >= 11 is 8.65. The van der Waals surface area contributed by atoms with E-state index in [9.17, 15) is 5.11 Å². The van der Waals surface area contributed by atoms with Crippen molar-refractivity contribution in [2.24, 2.45) is 3.50 Å². The third kappa shape index (κ3) is 9.86. The fourth-order valence-electron chi connectivity index (χ4n) is 6.31. The van der Waals surface area contributed by atoms with Gasteiger partial charge in [0, 0.05) is 10.0 Å². The molecule has 3 nitrogen and oxygen atoms in total. The summed E-state index contributed by atoms with van der Waals surface area (Å²) in [5.74, 6) is 0.993. The van der Waals surface area contributed by atoms with Gasteiger partial charge in [-0.1, -0.05) is 41.9 Å². The first-order chi connectivity index (χ1) is 21.9. The molecule has 6 heteroatoms. The number of benzene rings is 3. The fraction of sp³-hybridized carbons (Fsp3) is 0.400. The Morgan fingerprint density at radius 1 is 0.804 bits per heavy atom. The van der Waals surface area contributed by atoms with E-state index in [0.717, 1.165) is 53.5 Å². The van der Waals surface area contributed by atoms with Gasteiger partial charge in [0.05, 0.1) is 4.47 Å². The minimum atomic E-state index is 0.421. The molecule has 1 aromatic heterocycles. The second-order valence-electron chi connectivity index (χ2n) is 12.5. The van der Waals surface area contributed by atoms with Crippen LogP contribution in [-0.2, 0) is 45.3 Å². The molecule has 4 aromatic rings. The topological polar surface area (TPSA) is 46.7 Å². The Bertz CT molecular complexity index is 1540. The number of phenols is 1. The average molecular weight is 917 g/mol. The standard InChI is InChI=1S/C21H22Br2O.C10H13N.C6H8N.C3H6.W/c1-12-17(22)10-13-6-2-4-8-15(13)19(12)20-16-9-5-3-7-14(16)11-18(23)21(20)24;1-7(2)9-6-4-5-8(3)10(9)11;1-5-3-4-6(2)7-5;1-3-2;/h10-11,24H,2-9H2,1H3;4-7H,1-3H3;3-4H,1-2H3;1-3H2;/q;;-1;-2;. The van der Waals surface area contributed by atoms with Gasteiger partial charge in [-0.2, -0.15) is 11.4 Å². The molecular formula is C40H49Br2N2OW-3. The van der Waals surface area contributed by atoms with E-state index in [4.69, 9.17) is 0 Å². The van der Waals surface area contributed by atoms with Crippen LogP contribution in [0.2, 0.25) is 0 Å². The molecule has 2 aliphatic rings. The van der Waals surface area contributed by atoms with Crippen LogP contribution < -0.4 is 4.98 Å². The molecule has 6 rings (SSSR count). The van der Waals surface area contributed by atoms with E-state index in [1.165, 1.54) is 100.0 Å². The monoisotopic (exact) mass is 915 g/mol. The van der Waals surface area contributed by atoms with Gasteiger partial charge >= 0.3 is 84.8 Å². The molecule has 3 aromatic carbocycles. The van der Waals surface area contributed by atoms with Crippen molar-refractivity contribution in [1.82, 2.24) is 4.98 Å². The van der Waals surface area contributed by atoms with Crippen LogP contribution in [0.3, 0.4) is 0 Å². The van der Waals surface area contributed by atoms with E-state index >= 15 is 0 Å². The van der Waals surface area contributed by atoms with Gasteiger partial charge in [-0.05, 0) is 120 Å². The summed E-state index contributed by atoms with van der Waals surface area (Å²) in [5, 5.41) is 11.0. The van der Waals surface area contributed by atoms with Crippen molar-refractivity contribution in [3.63, 3.8) is 0 Å². The summed E-state index contributed by atoms with van der Waals surface area (Å²) in [7, 11) is 0. The molecule has 0 saturated carbocycles. The van der Waals surface area contributed by atoms with E-state index in [1.54, 1.807) is 0 Å². The first-order valence-corrected chi connectivity index (χ1v) is 19.3. The van der Waals surface area contributed by atoms with E-state index in [0.29, 0.717) is 11.7 Å². The van der Waals surface area contributed by atoms with Crippen molar-refractivity contribution in [3.05, 3.63) is 116 Å². The zero-order valence-corrected chi connectivity index (χ0v) is 34.5. The van der Waals surface area contributed by atoms with Crippen LogP contribution in [0.5, 0.6) is 5.75 Å². The largest absolute Gasteiger partial charge is 0.372 e. The molecule has 248 valence electrons. The molecular weight excluding hydrogens is 868 g/mol. The van der Waals surface area contributed by atoms with Crippen molar-refractivity contribution in [3.8, 4) is 16.9 Å². The van der Waals surface area contributed by atoms with Gasteiger partial charge in [0.25, 0.3) is 0 Å². The van der Waals surface area contributed by atoms with Crippen molar-refractivity contribution >= 4 is 37.5 Å². The molecule has 0 spiro atoms. The maximum Gasteiger partial charge on any atom is -0.317 e. The molecule has 1 N–H and O–H groups in total. The number of nitrogens with zero attached hydrogens (tertiary/aromatic N) is 2. The smallest absolute Gasteiger partial charge is 0.317 e. The van der Waals surface area contributed by atoms with Crippen LogP contribution in [0, 0.1) is 41.5 Å². The number of hydrogen-bond acceptors (Lipinski definition) is 2. The number of aromatic hydroxyl groups is 1. The van der Waals surface area contributed by atoms with Crippen LogP contribution in [-0.4, -0.2) is 5.11 Å². The molecule has 0 saturated heterocycles. The van der Waals surface area contributed by atoms with E-state index < -0.39 is 0 Å². The molecule has 0 fully saturated rings. The number of aryl methyl sites for hydroxylation is 5. The predicted molar refractivity (Wildman–Crippen MR) is 199 cm³/mol. The summed E-state index contributed by atoms with van der Waals surface area (Å²) in [6.45, 7) is 19.5. The molecule has 0 aliphatic heterocycles. The number of hydrogen-bond donors (Lipinski definition) is 1. The Morgan fingerprint density at radius 3 is 1.76 bits per heavy atom. The third-order valence-electron chi connectivity index (χ3n) is 8.57. The van der Waals surface area contributed by atoms with Crippen molar-refractivity contribution in [2.75, 3.05) is 0 Å². The SMILES string of the molecule is Cc1c(Br)cc2c(c1-c1c(O)c(Br)cc3c1CCCC3)CCCC2.Cc1ccc(C)[n-]1.Cc1cccc(C(C)C)c1[N]=[W].[CH2-]C[CH2-]. The van der Waals surface area contributed by atoms with Crippen LogP contribution >= 0.6 is 31.9 Å².